The number of carbonyl (C=O) groups is 2. The van der Waals surface area contributed by atoms with E-state index in [-0.39, 0.29) is 12.8 Å². The van der Waals surface area contributed by atoms with Gasteiger partial charge in [-0.05, 0) is 35.4 Å². The fourth-order valence-corrected chi connectivity index (χ4v) is 4.30. The topological polar surface area (TPSA) is 136 Å². The van der Waals surface area contributed by atoms with Crippen molar-refractivity contribution < 1.29 is 48.2 Å². The first-order chi connectivity index (χ1) is 19.2. The zero-order chi connectivity index (χ0) is 29.7. The Labute approximate surface area is 234 Å². The Morgan fingerprint density at radius 1 is 0.550 bits per heavy atom. The lowest BCUT2D eigenvalue weighted by Gasteiger charge is -2.28. The molecule has 2 N–H and O–H groups in total. The van der Waals surface area contributed by atoms with Gasteiger partial charge in [0, 0.05) is 39.3 Å². The van der Waals surface area contributed by atoms with Crippen LogP contribution in [0.1, 0.15) is 24.0 Å². The SMILES string of the molecule is COc1cc(CN(CCC(=O)O)CCN(CCC(=O)O)Cc2cc(OC)c(OC)c(OC)c2)cc(OC)c1OC. The Balaban J connectivity index is 2.29. The van der Waals surface area contributed by atoms with E-state index in [1.54, 1.807) is 0 Å². The van der Waals surface area contributed by atoms with E-state index in [0.29, 0.717) is 73.8 Å². The van der Waals surface area contributed by atoms with Gasteiger partial charge < -0.3 is 38.6 Å². The van der Waals surface area contributed by atoms with Gasteiger partial charge in [-0.3, -0.25) is 19.4 Å². The van der Waals surface area contributed by atoms with Crippen LogP contribution in [0.3, 0.4) is 0 Å². The Bertz CT molecular complexity index is 987. The second kappa shape index (κ2) is 16.3. The largest absolute Gasteiger partial charge is 0.493 e. The molecule has 0 bridgehead atoms. The summed E-state index contributed by atoms with van der Waals surface area (Å²) in [5, 5.41) is 18.7. The van der Waals surface area contributed by atoms with E-state index in [1.165, 1.54) is 42.7 Å². The van der Waals surface area contributed by atoms with E-state index >= 15 is 0 Å². The van der Waals surface area contributed by atoms with E-state index in [4.69, 9.17) is 28.4 Å². The van der Waals surface area contributed by atoms with Gasteiger partial charge in [-0.25, -0.2) is 0 Å². The molecule has 0 aliphatic heterocycles. The van der Waals surface area contributed by atoms with Crippen molar-refractivity contribution in [1.29, 1.82) is 0 Å². The van der Waals surface area contributed by atoms with E-state index in [2.05, 4.69) is 0 Å². The van der Waals surface area contributed by atoms with Gasteiger partial charge >= 0.3 is 11.9 Å². The van der Waals surface area contributed by atoms with Gasteiger partial charge in [-0.2, -0.15) is 0 Å². The predicted molar refractivity (Wildman–Crippen MR) is 147 cm³/mol. The summed E-state index contributed by atoms with van der Waals surface area (Å²) in [6.45, 7) is 2.38. The van der Waals surface area contributed by atoms with Crippen LogP contribution >= 0.6 is 0 Å². The number of carboxylic acids is 2. The molecule has 12 nitrogen and oxygen atoms in total. The highest BCUT2D eigenvalue weighted by Gasteiger charge is 2.19. The first kappa shape index (κ1) is 32.3. The Kier molecular flexibility index (Phi) is 13.1. The standard InChI is InChI=1S/C28H40N2O10/c1-35-21-13-19(14-22(36-2)27(21)39-5)17-29(9-7-25(31)32)11-12-30(10-8-26(33)34)18-20-15-23(37-3)28(40-6)24(16-20)38-4/h13-16H,7-12,17-18H2,1-6H3,(H,31,32)(H,33,34). The van der Waals surface area contributed by atoms with Crippen molar-refractivity contribution in [2.75, 3.05) is 68.8 Å². The molecule has 2 aromatic carbocycles. The maximum Gasteiger partial charge on any atom is 0.304 e. The summed E-state index contributed by atoms with van der Waals surface area (Å²) in [5.41, 5.74) is 1.70. The van der Waals surface area contributed by atoms with Gasteiger partial charge in [0.05, 0.1) is 55.5 Å². The molecule has 0 fully saturated rings. The molecule has 0 aliphatic rings. The number of methoxy groups -OCH3 is 6. The fraction of sp³-hybridized carbons (Fsp3) is 0.500. The number of rotatable bonds is 19. The number of hydrogen-bond acceptors (Lipinski definition) is 10. The lowest BCUT2D eigenvalue weighted by atomic mass is 10.1. The Hall–Kier alpha value is -3.90. The molecule has 0 unspecified atom stereocenters. The molecule has 0 saturated carbocycles. The summed E-state index contributed by atoms with van der Waals surface area (Å²) in [7, 11) is 9.19. The van der Waals surface area contributed by atoms with Gasteiger partial charge in [-0.1, -0.05) is 0 Å². The maximum atomic E-state index is 11.4. The van der Waals surface area contributed by atoms with Gasteiger partial charge in [0.25, 0.3) is 0 Å². The molecule has 0 spiro atoms. The van der Waals surface area contributed by atoms with E-state index in [9.17, 15) is 19.8 Å². The number of carboxylic acid groups (broad SMARTS) is 2. The van der Waals surface area contributed by atoms with E-state index in [0.717, 1.165) is 11.1 Å². The summed E-state index contributed by atoms with van der Waals surface area (Å²) >= 11 is 0. The molecule has 0 atom stereocenters. The Morgan fingerprint density at radius 2 is 0.850 bits per heavy atom. The van der Waals surface area contributed by atoms with Gasteiger partial charge in [0.15, 0.2) is 23.0 Å². The zero-order valence-corrected chi connectivity index (χ0v) is 24.0. The van der Waals surface area contributed by atoms with Crippen molar-refractivity contribution in [2.45, 2.75) is 25.9 Å². The summed E-state index contributed by atoms with van der Waals surface area (Å²) < 4.78 is 32.7. The first-order valence-electron chi connectivity index (χ1n) is 12.7. The van der Waals surface area contributed by atoms with Crippen LogP contribution in [0.15, 0.2) is 24.3 Å². The van der Waals surface area contributed by atoms with E-state index in [1.807, 2.05) is 34.1 Å². The van der Waals surface area contributed by atoms with Crippen LogP contribution in [0.5, 0.6) is 34.5 Å². The van der Waals surface area contributed by atoms with Gasteiger partial charge in [0.2, 0.25) is 11.5 Å². The van der Waals surface area contributed by atoms with Crippen LogP contribution in [0, 0.1) is 0 Å². The fourth-order valence-electron chi connectivity index (χ4n) is 4.30. The average molecular weight is 565 g/mol. The van der Waals surface area contributed by atoms with Gasteiger partial charge in [-0.15, -0.1) is 0 Å². The molecule has 0 heterocycles. The van der Waals surface area contributed by atoms with Crippen molar-refractivity contribution in [3.63, 3.8) is 0 Å². The number of aliphatic carboxylic acids is 2. The number of nitrogens with zero attached hydrogens (tertiary/aromatic N) is 2. The molecule has 0 aliphatic carbocycles. The van der Waals surface area contributed by atoms with Crippen molar-refractivity contribution in [3.05, 3.63) is 35.4 Å². The quantitative estimate of drug-likeness (QED) is 0.260. The number of benzene rings is 2. The predicted octanol–water partition coefficient (Wildman–Crippen LogP) is 2.99. The highest BCUT2D eigenvalue weighted by Crippen LogP contribution is 2.39. The van der Waals surface area contributed by atoms with Crippen LogP contribution in [0.4, 0.5) is 0 Å². The number of hydrogen-bond donors (Lipinski definition) is 2. The van der Waals surface area contributed by atoms with Crippen molar-refractivity contribution in [2.24, 2.45) is 0 Å². The van der Waals surface area contributed by atoms with Crippen molar-refractivity contribution in [1.82, 2.24) is 9.80 Å². The van der Waals surface area contributed by atoms with Crippen molar-refractivity contribution >= 4 is 11.9 Å². The summed E-state index contributed by atoms with van der Waals surface area (Å²) in [6, 6.07) is 7.31. The summed E-state index contributed by atoms with van der Waals surface area (Å²) in [6.07, 6.45) is -0.0984. The van der Waals surface area contributed by atoms with Crippen LogP contribution in [0.2, 0.25) is 0 Å². The summed E-state index contributed by atoms with van der Waals surface area (Å²) in [5.74, 6) is 1.12. The zero-order valence-electron chi connectivity index (χ0n) is 24.0. The smallest absolute Gasteiger partial charge is 0.304 e. The highest BCUT2D eigenvalue weighted by molar-refractivity contribution is 5.67. The molecule has 12 heteroatoms. The second-order valence-corrected chi connectivity index (χ2v) is 8.91. The number of ether oxygens (including phenoxy) is 6. The third kappa shape index (κ3) is 9.38. The third-order valence-electron chi connectivity index (χ3n) is 6.28. The monoisotopic (exact) mass is 564 g/mol. The van der Waals surface area contributed by atoms with Crippen LogP contribution in [0.25, 0.3) is 0 Å². The molecule has 0 amide bonds. The first-order valence-corrected chi connectivity index (χ1v) is 12.7. The van der Waals surface area contributed by atoms with Crippen LogP contribution in [-0.2, 0) is 22.7 Å². The second-order valence-electron chi connectivity index (χ2n) is 8.91. The molecule has 40 heavy (non-hydrogen) atoms. The molecular formula is C28H40N2O10. The molecule has 0 radical (unpaired) electrons. The third-order valence-corrected chi connectivity index (χ3v) is 6.28. The van der Waals surface area contributed by atoms with Crippen LogP contribution in [-0.4, -0.2) is 101 Å². The average Bonchev–Trinajstić information content (AvgIpc) is 2.95. The maximum absolute atomic E-state index is 11.4. The molecule has 0 saturated heterocycles. The van der Waals surface area contributed by atoms with Gasteiger partial charge in [0.1, 0.15) is 0 Å². The molecular weight excluding hydrogens is 524 g/mol. The normalized spacial score (nSPS) is 10.9. The molecule has 2 aromatic rings. The van der Waals surface area contributed by atoms with E-state index < -0.39 is 11.9 Å². The minimum absolute atomic E-state index is 0.0492. The van der Waals surface area contributed by atoms with Crippen LogP contribution < -0.4 is 28.4 Å². The molecule has 2 rings (SSSR count). The highest BCUT2D eigenvalue weighted by atomic mass is 16.5. The minimum atomic E-state index is -0.907. The Morgan fingerprint density at radius 3 is 1.07 bits per heavy atom. The lowest BCUT2D eigenvalue weighted by molar-refractivity contribution is -0.138. The summed E-state index contributed by atoms with van der Waals surface area (Å²) in [4.78, 5) is 26.8. The molecule has 222 valence electrons. The molecule has 0 aromatic heterocycles. The minimum Gasteiger partial charge on any atom is -0.493 e. The lowest BCUT2D eigenvalue weighted by Crippen LogP contribution is -2.36. The van der Waals surface area contributed by atoms with Crippen molar-refractivity contribution in [3.8, 4) is 34.5 Å².